The van der Waals surface area contributed by atoms with Gasteiger partial charge in [0.1, 0.15) is 11.5 Å². The van der Waals surface area contributed by atoms with Crippen molar-refractivity contribution < 1.29 is 15.0 Å². The number of phenolic OH excluding ortho intramolecular Hbond substituents is 2. The van der Waals surface area contributed by atoms with Crippen LogP contribution in [0.4, 0.5) is 0 Å². The van der Waals surface area contributed by atoms with E-state index in [0.29, 0.717) is 6.54 Å². The zero-order valence-corrected chi connectivity index (χ0v) is 9.40. The second-order valence-electron chi connectivity index (χ2n) is 3.82. The van der Waals surface area contributed by atoms with Crippen molar-refractivity contribution in [3.63, 3.8) is 0 Å². The molecule has 0 aliphatic heterocycles. The van der Waals surface area contributed by atoms with Crippen molar-refractivity contribution in [1.29, 1.82) is 0 Å². The minimum Gasteiger partial charge on any atom is -0.508 e. The summed E-state index contributed by atoms with van der Waals surface area (Å²) in [7, 11) is 1.61. The van der Waals surface area contributed by atoms with Crippen LogP contribution in [0.1, 0.15) is 17.3 Å². The monoisotopic (exact) mass is 221 g/mol. The third kappa shape index (κ3) is 2.76. The molecule has 0 spiro atoms. The minimum absolute atomic E-state index is 0.0510. The van der Waals surface area contributed by atoms with E-state index in [4.69, 9.17) is 0 Å². The van der Waals surface area contributed by atoms with E-state index in [1.807, 2.05) is 6.92 Å². The molecule has 16 heavy (non-hydrogen) atoms. The third-order valence-corrected chi connectivity index (χ3v) is 2.06. The van der Waals surface area contributed by atoms with Crippen LogP contribution in [0.2, 0.25) is 0 Å². The number of likely N-dealkylation sites (N-methyl/N-ethyl adjacent to an activating group) is 1. The molecule has 1 aromatic carbocycles. The number of nitrogens with zero attached hydrogens (tertiary/aromatic N) is 1. The average molecular weight is 221 g/mol. The molecule has 86 valence electrons. The van der Waals surface area contributed by atoms with E-state index >= 15 is 0 Å². The first kappa shape index (κ1) is 12.1. The summed E-state index contributed by atoms with van der Waals surface area (Å²) in [4.78, 5) is 13.3. The first-order valence-corrected chi connectivity index (χ1v) is 4.83. The first-order chi connectivity index (χ1) is 7.41. The summed E-state index contributed by atoms with van der Waals surface area (Å²) in [5, 5.41) is 18.8. The maximum Gasteiger partial charge on any atom is 0.257 e. The van der Waals surface area contributed by atoms with Gasteiger partial charge in [-0.05, 0) is 25.1 Å². The molecule has 4 heteroatoms. The second kappa shape index (κ2) is 4.70. The molecule has 0 aromatic heterocycles. The van der Waals surface area contributed by atoms with Gasteiger partial charge >= 0.3 is 0 Å². The van der Waals surface area contributed by atoms with Crippen molar-refractivity contribution in [2.75, 3.05) is 13.6 Å². The highest BCUT2D eigenvalue weighted by Gasteiger charge is 2.16. The number of carbonyl (C=O) groups excluding carboxylic acids is 1. The van der Waals surface area contributed by atoms with Gasteiger partial charge in [0.15, 0.2) is 0 Å². The van der Waals surface area contributed by atoms with Crippen molar-refractivity contribution in [1.82, 2.24) is 4.90 Å². The lowest BCUT2D eigenvalue weighted by Gasteiger charge is -2.17. The molecule has 0 bridgehead atoms. The van der Waals surface area contributed by atoms with E-state index in [1.165, 1.54) is 23.1 Å². The average Bonchev–Trinajstić information content (AvgIpc) is 2.19. The van der Waals surface area contributed by atoms with Crippen LogP contribution in [0.3, 0.4) is 0 Å². The highest BCUT2D eigenvalue weighted by Crippen LogP contribution is 2.23. The Kier molecular flexibility index (Phi) is 3.55. The van der Waals surface area contributed by atoms with Gasteiger partial charge in [0.05, 0.1) is 5.56 Å². The predicted octanol–water partition coefficient (Wildman–Crippen LogP) is 1.75. The Bertz CT molecular complexity index is 426. The van der Waals surface area contributed by atoms with E-state index in [0.717, 1.165) is 5.57 Å². The van der Waals surface area contributed by atoms with Gasteiger partial charge in [-0.2, -0.15) is 0 Å². The SMILES string of the molecule is C=C(C)CN(C)C(=O)c1cc(O)ccc1O. The Labute approximate surface area is 94.4 Å². The van der Waals surface area contributed by atoms with Gasteiger partial charge in [0, 0.05) is 13.6 Å². The minimum atomic E-state index is -0.351. The number of carbonyl (C=O) groups is 1. The molecule has 0 unspecified atom stereocenters. The van der Waals surface area contributed by atoms with Gasteiger partial charge < -0.3 is 15.1 Å². The summed E-state index contributed by atoms with van der Waals surface area (Å²) in [6.07, 6.45) is 0. The van der Waals surface area contributed by atoms with Crippen LogP contribution in [-0.4, -0.2) is 34.6 Å². The quantitative estimate of drug-likeness (QED) is 0.603. The maximum atomic E-state index is 11.9. The van der Waals surface area contributed by atoms with Crippen molar-refractivity contribution in [3.05, 3.63) is 35.9 Å². The lowest BCUT2D eigenvalue weighted by Crippen LogP contribution is -2.28. The predicted molar refractivity (Wildman–Crippen MR) is 61.5 cm³/mol. The van der Waals surface area contributed by atoms with Gasteiger partial charge in [-0.15, -0.1) is 0 Å². The number of amides is 1. The fourth-order valence-corrected chi connectivity index (χ4v) is 1.38. The lowest BCUT2D eigenvalue weighted by molar-refractivity contribution is 0.0803. The molecule has 1 aromatic rings. The molecule has 0 aliphatic carbocycles. The normalized spacial score (nSPS) is 9.88. The van der Waals surface area contributed by atoms with E-state index in [-0.39, 0.29) is 23.0 Å². The standard InChI is InChI=1S/C12H15NO3/c1-8(2)7-13(3)12(16)10-6-9(14)4-5-11(10)15/h4-6,14-15H,1,7H2,2-3H3. The molecule has 1 amide bonds. The maximum absolute atomic E-state index is 11.9. The summed E-state index contributed by atoms with van der Waals surface area (Å²) < 4.78 is 0. The molecule has 1 rings (SSSR count). The van der Waals surface area contributed by atoms with Gasteiger partial charge in [0.25, 0.3) is 5.91 Å². The first-order valence-electron chi connectivity index (χ1n) is 4.83. The summed E-state index contributed by atoms with van der Waals surface area (Å²) >= 11 is 0. The Morgan fingerprint density at radius 3 is 2.62 bits per heavy atom. The fraction of sp³-hybridized carbons (Fsp3) is 0.250. The number of phenols is 2. The Balaban J connectivity index is 2.95. The van der Waals surface area contributed by atoms with Crippen LogP contribution in [0, 0.1) is 0 Å². The smallest absolute Gasteiger partial charge is 0.257 e. The highest BCUT2D eigenvalue weighted by molar-refractivity contribution is 5.97. The van der Waals surface area contributed by atoms with Crippen molar-refractivity contribution >= 4 is 5.91 Å². The van der Waals surface area contributed by atoms with Crippen LogP contribution in [0.15, 0.2) is 30.4 Å². The van der Waals surface area contributed by atoms with Crippen molar-refractivity contribution in [2.24, 2.45) is 0 Å². The molecule has 0 saturated heterocycles. The number of rotatable bonds is 3. The van der Waals surface area contributed by atoms with Crippen LogP contribution >= 0.6 is 0 Å². The van der Waals surface area contributed by atoms with E-state index in [2.05, 4.69) is 6.58 Å². The molecule has 0 heterocycles. The highest BCUT2D eigenvalue weighted by atomic mass is 16.3. The number of benzene rings is 1. The van der Waals surface area contributed by atoms with Gasteiger partial charge in [-0.3, -0.25) is 4.79 Å². The summed E-state index contributed by atoms with van der Waals surface area (Å²) in [5.74, 6) is -0.544. The number of aromatic hydroxyl groups is 2. The Morgan fingerprint density at radius 1 is 1.44 bits per heavy atom. The Morgan fingerprint density at radius 2 is 2.06 bits per heavy atom. The van der Waals surface area contributed by atoms with Crippen LogP contribution in [-0.2, 0) is 0 Å². The molecule has 0 atom stereocenters. The van der Waals surface area contributed by atoms with Gasteiger partial charge in [-0.1, -0.05) is 12.2 Å². The van der Waals surface area contributed by atoms with E-state index in [9.17, 15) is 15.0 Å². The van der Waals surface area contributed by atoms with Crippen LogP contribution < -0.4 is 0 Å². The summed E-state index contributed by atoms with van der Waals surface area (Å²) in [6.45, 7) is 5.93. The molecular weight excluding hydrogens is 206 g/mol. The zero-order chi connectivity index (χ0) is 12.3. The molecule has 0 radical (unpaired) electrons. The fourth-order valence-electron chi connectivity index (χ4n) is 1.38. The molecular formula is C12H15NO3. The van der Waals surface area contributed by atoms with Crippen LogP contribution in [0.5, 0.6) is 11.5 Å². The summed E-state index contributed by atoms with van der Waals surface area (Å²) in [5.41, 5.74) is 0.930. The zero-order valence-electron chi connectivity index (χ0n) is 9.40. The largest absolute Gasteiger partial charge is 0.508 e. The van der Waals surface area contributed by atoms with Gasteiger partial charge in [-0.25, -0.2) is 0 Å². The topological polar surface area (TPSA) is 60.8 Å². The molecule has 0 saturated carbocycles. The summed E-state index contributed by atoms with van der Waals surface area (Å²) in [6, 6.07) is 3.86. The number of hydrogen-bond donors (Lipinski definition) is 2. The second-order valence-corrected chi connectivity index (χ2v) is 3.82. The third-order valence-electron chi connectivity index (χ3n) is 2.06. The van der Waals surface area contributed by atoms with Crippen molar-refractivity contribution in [3.8, 4) is 11.5 Å². The molecule has 0 fully saturated rings. The Hall–Kier alpha value is -1.97. The molecule has 2 N–H and O–H groups in total. The van der Waals surface area contributed by atoms with E-state index < -0.39 is 0 Å². The van der Waals surface area contributed by atoms with Gasteiger partial charge in [0.2, 0.25) is 0 Å². The molecule has 4 nitrogen and oxygen atoms in total. The number of hydrogen-bond acceptors (Lipinski definition) is 3. The van der Waals surface area contributed by atoms with Crippen LogP contribution in [0.25, 0.3) is 0 Å². The lowest BCUT2D eigenvalue weighted by atomic mass is 10.1. The molecule has 0 aliphatic rings. The van der Waals surface area contributed by atoms with E-state index in [1.54, 1.807) is 7.05 Å². The van der Waals surface area contributed by atoms with Crippen molar-refractivity contribution in [2.45, 2.75) is 6.92 Å².